The molecule has 2 heterocycles. The van der Waals surface area contributed by atoms with Gasteiger partial charge in [-0.15, -0.1) is 0 Å². The van der Waals surface area contributed by atoms with E-state index in [1.807, 2.05) is 0 Å². The standard InChI is InChI=1S/C10H13N7O3/c1-16-8(11)6(4-15-16)3-12-9-7(17(18)19)10(20-2)14-5-13-9/h4-5H,3,11H2,1-2H3,(H,12,13,14). The lowest BCUT2D eigenvalue weighted by atomic mass is 10.3. The minimum absolute atomic E-state index is 0.0603. The summed E-state index contributed by atoms with van der Waals surface area (Å²) in [6.45, 7) is 0.251. The maximum absolute atomic E-state index is 11.0. The first-order chi connectivity index (χ1) is 9.54. The van der Waals surface area contributed by atoms with Gasteiger partial charge in [0.1, 0.15) is 12.1 Å². The summed E-state index contributed by atoms with van der Waals surface area (Å²) in [7, 11) is 3.01. The molecule has 0 bridgehead atoms. The number of anilines is 2. The average molecular weight is 279 g/mol. The lowest BCUT2D eigenvalue weighted by Crippen LogP contribution is -2.08. The maximum atomic E-state index is 11.0. The van der Waals surface area contributed by atoms with E-state index in [1.165, 1.54) is 18.1 Å². The number of nitro groups is 1. The predicted octanol–water partition coefficient (Wildman–Crippen LogP) is 0.321. The van der Waals surface area contributed by atoms with Gasteiger partial charge in [0.2, 0.25) is 5.82 Å². The van der Waals surface area contributed by atoms with Crippen molar-refractivity contribution in [1.82, 2.24) is 19.7 Å². The van der Waals surface area contributed by atoms with Gasteiger partial charge in [0.15, 0.2) is 0 Å². The fraction of sp³-hybridized carbons (Fsp3) is 0.300. The van der Waals surface area contributed by atoms with E-state index in [9.17, 15) is 10.1 Å². The largest absolute Gasteiger partial charge is 0.476 e. The van der Waals surface area contributed by atoms with Gasteiger partial charge in [-0.2, -0.15) is 10.1 Å². The Bertz CT molecular complexity index is 640. The topological polar surface area (TPSA) is 134 Å². The third kappa shape index (κ3) is 2.43. The Labute approximate surface area is 113 Å². The van der Waals surface area contributed by atoms with Gasteiger partial charge in [0.25, 0.3) is 5.88 Å². The summed E-state index contributed by atoms with van der Waals surface area (Å²) in [5.74, 6) is 0.429. The van der Waals surface area contributed by atoms with Gasteiger partial charge >= 0.3 is 5.69 Å². The average Bonchev–Trinajstić information content (AvgIpc) is 2.75. The molecule has 2 aromatic heterocycles. The second-order valence-corrected chi connectivity index (χ2v) is 3.87. The molecule has 0 amide bonds. The van der Waals surface area contributed by atoms with Crippen LogP contribution in [0.5, 0.6) is 5.88 Å². The second-order valence-electron chi connectivity index (χ2n) is 3.87. The molecule has 0 radical (unpaired) electrons. The van der Waals surface area contributed by atoms with E-state index in [1.54, 1.807) is 13.2 Å². The van der Waals surface area contributed by atoms with E-state index in [-0.39, 0.29) is 23.9 Å². The lowest BCUT2D eigenvalue weighted by molar-refractivity contribution is -0.385. The highest BCUT2D eigenvalue weighted by Gasteiger charge is 2.23. The smallest absolute Gasteiger partial charge is 0.372 e. The summed E-state index contributed by atoms with van der Waals surface area (Å²) in [5, 5.41) is 17.9. The van der Waals surface area contributed by atoms with Crippen molar-refractivity contribution in [2.24, 2.45) is 7.05 Å². The van der Waals surface area contributed by atoms with Crippen molar-refractivity contribution >= 4 is 17.3 Å². The molecule has 0 unspecified atom stereocenters. The number of nitrogens with one attached hydrogen (secondary N) is 1. The van der Waals surface area contributed by atoms with Crippen molar-refractivity contribution < 1.29 is 9.66 Å². The molecule has 0 aromatic carbocycles. The van der Waals surface area contributed by atoms with Gasteiger partial charge in [-0.25, -0.2) is 4.98 Å². The van der Waals surface area contributed by atoms with Crippen LogP contribution in [0, 0.1) is 10.1 Å². The van der Waals surface area contributed by atoms with Crippen molar-refractivity contribution in [3.8, 4) is 5.88 Å². The van der Waals surface area contributed by atoms with Crippen molar-refractivity contribution in [3.05, 3.63) is 28.2 Å². The highest BCUT2D eigenvalue weighted by molar-refractivity contribution is 5.61. The van der Waals surface area contributed by atoms with Crippen molar-refractivity contribution in [2.45, 2.75) is 6.54 Å². The normalized spacial score (nSPS) is 10.3. The number of aryl methyl sites for hydroxylation is 1. The lowest BCUT2D eigenvalue weighted by Gasteiger charge is -2.07. The summed E-state index contributed by atoms with van der Waals surface area (Å²) in [5.41, 5.74) is 6.18. The van der Waals surface area contributed by atoms with E-state index in [4.69, 9.17) is 10.5 Å². The van der Waals surface area contributed by atoms with Gasteiger partial charge < -0.3 is 15.8 Å². The van der Waals surface area contributed by atoms with Crippen molar-refractivity contribution in [2.75, 3.05) is 18.2 Å². The monoisotopic (exact) mass is 279 g/mol. The summed E-state index contributed by atoms with van der Waals surface area (Å²) in [6.07, 6.45) is 2.76. The molecule has 0 aliphatic rings. The number of hydrogen-bond acceptors (Lipinski definition) is 8. The summed E-state index contributed by atoms with van der Waals surface area (Å²) in [4.78, 5) is 18.0. The number of rotatable bonds is 5. The number of nitrogen functional groups attached to an aromatic ring is 1. The number of aromatic nitrogens is 4. The number of ether oxygens (including phenoxy) is 1. The molecule has 10 nitrogen and oxygen atoms in total. The van der Waals surface area contributed by atoms with Crippen LogP contribution in [-0.4, -0.2) is 31.8 Å². The number of nitrogens with zero attached hydrogens (tertiary/aromatic N) is 5. The van der Waals surface area contributed by atoms with Crippen LogP contribution in [-0.2, 0) is 13.6 Å². The molecule has 2 rings (SSSR count). The van der Waals surface area contributed by atoms with Gasteiger partial charge in [-0.05, 0) is 0 Å². The van der Waals surface area contributed by atoms with Crippen LogP contribution in [0.4, 0.5) is 17.3 Å². The van der Waals surface area contributed by atoms with Gasteiger partial charge in [-0.1, -0.05) is 0 Å². The SMILES string of the molecule is COc1ncnc(NCc2cnn(C)c2N)c1[N+](=O)[O-]. The molecule has 106 valence electrons. The van der Waals surface area contributed by atoms with Crippen molar-refractivity contribution in [1.29, 1.82) is 0 Å². The number of nitrogens with two attached hydrogens (primary N) is 1. The number of hydrogen-bond donors (Lipinski definition) is 2. The minimum Gasteiger partial charge on any atom is -0.476 e. The van der Waals surface area contributed by atoms with Gasteiger partial charge in [0.05, 0.1) is 18.2 Å². The Morgan fingerprint density at radius 3 is 2.85 bits per heavy atom. The molecule has 20 heavy (non-hydrogen) atoms. The molecule has 10 heteroatoms. The van der Waals surface area contributed by atoms with Crippen LogP contribution in [0.15, 0.2) is 12.5 Å². The summed E-state index contributed by atoms with van der Waals surface area (Å²) in [6, 6.07) is 0. The van der Waals surface area contributed by atoms with Crippen LogP contribution in [0.2, 0.25) is 0 Å². The zero-order valence-electron chi connectivity index (χ0n) is 10.9. The second kappa shape index (κ2) is 5.38. The Morgan fingerprint density at radius 2 is 2.30 bits per heavy atom. The molecule has 0 atom stereocenters. The summed E-state index contributed by atoms with van der Waals surface area (Å²) < 4.78 is 6.36. The van der Waals surface area contributed by atoms with E-state index >= 15 is 0 Å². The summed E-state index contributed by atoms with van der Waals surface area (Å²) >= 11 is 0. The van der Waals surface area contributed by atoms with E-state index in [2.05, 4.69) is 20.4 Å². The van der Waals surface area contributed by atoms with E-state index in [0.29, 0.717) is 11.4 Å². The maximum Gasteiger partial charge on any atom is 0.372 e. The molecular formula is C10H13N7O3. The van der Waals surface area contributed by atoms with Crippen molar-refractivity contribution in [3.63, 3.8) is 0 Å². The third-order valence-corrected chi connectivity index (χ3v) is 2.68. The number of methoxy groups -OCH3 is 1. The predicted molar refractivity (Wildman–Crippen MR) is 70.2 cm³/mol. The first-order valence-electron chi connectivity index (χ1n) is 5.58. The first kappa shape index (κ1) is 13.5. The Hall–Kier alpha value is -2.91. The van der Waals surface area contributed by atoms with E-state index in [0.717, 1.165) is 0 Å². The van der Waals surface area contributed by atoms with Crippen LogP contribution in [0.1, 0.15) is 5.56 Å². The third-order valence-electron chi connectivity index (χ3n) is 2.68. The van der Waals surface area contributed by atoms with Crippen LogP contribution in [0.3, 0.4) is 0 Å². The van der Waals surface area contributed by atoms with Gasteiger partial charge in [0, 0.05) is 19.2 Å². The minimum atomic E-state index is -0.603. The zero-order valence-corrected chi connectivity index (χ0v) is 10.9. The molecule has 0 aliphatic carbocycles. The molecule has 0 saturated carbocycles. The Balaban J connectivity index is 2.25. The Kier molecular flexibility index (Phi) is 3.64. The first-order valence-corrected chi connectivity index (χ1v) is 5.58. The fourth-order valence-electron chi connectivity index (χ4n) is 1.61. The molecule has 2 aromatic rings. The Morgan fingerprint density at radius 1 is 1.55 bits per heavy atom. The molecule has 0 fully saturated rings. The van der Waals surface area contributed by atoms with Crippen LogP contribution in [0.25, 0.3) is 0 Å². The molecular weight excluding hydrogens is 266 g/mol. The van der Waals surface area contributed by atoms with Crippen LogP contribution >= 0.6 is 0 Å². The molecule has 0 spiro atoms. The van der Waals surface area contributed by atoms with Gasteiger partial charge in [-0.3, -0.25) is 14.8 Å². The highest BCUT2D eigenvalue weighted by atomic mass is 16.6. The quantitative estimate of drug-likeness (QED) is 0.590. The fourth-order valence-corrected chi connectivity index (χ4v) is 1.61. The molecule has 0 saturated heterocycles. The van der Waals surface area contributed by atoms with Crippen LogP contribution < -0.4 is 15.8 Å². The van der Waals surface area contributed by atoms with E-state index < -0.39 is 4.92 Å². The highest BCUT2D eigenvalue weighted by Crippen LogP contribution is 2.30. The zero-order chi connectivity index (χ0) is 14.7. The molecule has 0 aliphatic heterocycles. The molecule has 3 N–H and O–H groups in total.